The third-order valence-corrected chi connectivity index (χ3v) is 6.31. The third-order valence-electron chi connectivity index (χ3n) is 5.52. The summed E-state index contributed by atoms with van der Waals surface area (Å²) < 4.78 is 4.94. The first kappa shape index (κ1) is 19.2. The Morgan fingerprint density at radius 2 is 1.88 bits per heavy atom. The molecule has 3 rings (SSSR count). The van der Waals surface area contributed by atoms with Crippen LogP contribution in [-0.4, -0.2) is 78.5 Å². The van der Waals surface area contributed by atoms with Gasteiger partial charge in [-0.1, -0.05) is 12.1 Å². The lowest BCUT2D eigenvalue weighted by atomic mass is 9.75. The standard InChI is InChI=1S/C19H26N2O4S/c1-25-13-17(22)20-9-7-19(24)8-10-21(12-14(19)11-20)18(23)15-5-3-4-6-16(15)26-2/h3-6,14,24H,7-13H2,1-2H3/t14-,19-/m0/s1. The van der Waals surface area contributed by atoms with E-state index in [1.807, 2.05) is 35.4 Å². The van der Waals surface area contributed by atoms with Crippen molar-refractivity contribution in [1.82, 2.24) is 9.80 Å². The molecule has 0 aliphatic carbocycles. The summed E-state index contributed by atoms with van der Waals surface area (Å²) in [6.07, 6.45) is 3.06. The third kappa shape index (κ3) is 3.75. The number of hydrogen-bond acceptors (Lipinski definition) is 5. The van der Waals surface area contributed by atoms with E-state index in [0.717, 1.165) is 4.90 Å². The van der Waals surface area contributed by atoms with E-state index < -0.39 is 5.60 Å². The minimum Gasteiger partial charge on any atom is -0.389 e. The smallest absolute Gasteiger partial charge is 0.255 e. The summed E-state index contributed by atoms with van der Waals surface area (Å²) in [6, 6.07) is 7.60. The maximum absolute atomic E-state index is 13.0. The molecule has 2 saturated heterocycles. The van der Waals surface area contributed by atoms with E-state index in [2.05, 4.69) is 0 Å². The normalized spacial score (nSPS) is 25.7. The highest BCUT2D eigenvalue weighted by Crippen LogP contribution is 2.36. The van der Waals surface area contributed by atoms with Crippen LogP contribution in [0.4, 0.5) is 0 Å². The van der Waals surface area contributed by atoms with Crippen molar-refractivity contribution in [2.24, 2.45) is 5.92 Å². The molecular formula is C19H26N2O4S. The van der Waals surface area contributed by atoms with Gasteiger partial charge in [0.2, 0.25) is 5.91 Å². The van der Waals surface area contributed by atoms with Crippen LogP contribution in [0.25, 0.3) is 0 Å². The first-order valence-corrected chi connectivity index (χ1v) is 10.1. The molecule has 2 aliphatic rings. The first-order valence-electron chi connectivity index (χ1n) is 8.90. The van der Waals surface area contributed by atoms with Gasteiger partial charge in [0, 0.05) is 44.1 Å². The Morgan fingerprint density at radius 3 is 2.58 bits per heavy atom. The summed E-state index contributed by atoms with van der Waals surface area (Å²) in [4.78, 5) is 29.7. The van der Waals surface area contributed by atoms with Crippen LogP contribution in [0.15, 0.2) is 29.2 Å². The molecule has 1 aromatic carbocycles. The Bertz CT molecular complexity index is 683. The van der Waals surface area contributed by atoms with E-state index in [-0.39, 0.29) is 24.3 Å². The molecule has 1 aromatic rings. The predicted octanol–water partition coefficient (Wildman–Crippen LogP) is 1.48. The molecule has 6 nitrogen and oxygen atoms in total. The topological polar surface area (TPSA) is 70.1 Å². The molecule has 7 heteroatoms. The molecule has 0 radical (unpaired) electrons. The largest absolute Gasteiger partial charge is 0.389 e. The van der Waals surface area contributed by atoms with Crippen LogP contribution in [0.2, 0.25) is 0 Å². The fourth-order valence-electron chi connectivity index (χ4n) is 3.92. The number of rotatable bonds is 4. The van der Waals surface area contributed by atoms with Crippen LogP contribution < -0.4 is 0 Å². The van der Waals surface area contributed by atoms with Gasteiger partial charge < -0.3 is 19.6 Å². The fraction of sp³-hybridized carbons (Fsp3) is 0.579. The second-order valence-electron chi connectivity index (χ2n) is 7.02. The van der Waals surface area contributed by atoms with Gasteiger partial charge in [-0.3, -0.25) is 9.59 Å². The lowest BCUT2D eigenvalue weighted by Crippen LogP contribution is -2.61. The van der Waals surface area contributed by atoms with Crippen LogP contribution >= 0.6 is 11.8 Å². The molecule has 1 N–H and O–H groups in total. The molecule has 0 saturated carbocycles. The zero-order chi connectivity index (χ0) is 18.7. The number of amides is 2. The average Bonchev–Trinajstić information content (AvgIpc) is 2.66. The second kappa shape index (κ2) is 7.98. The summed E-state index contributed by atoms with van der Waals surface area (Å²) >= 11 is 1.56. The fourth-order valence-corrected chi connectivity index (χ4v) is 4.51. The SMILES string of the molecule is COCC(=O)N1CC[C@]2(O)CCN(C(=O)c3ccccc3SC)C[C@@H]2C1. The number of aliphatic hydroxyl groups is 1. The zero-order valence-electron chi connectivity index (χ0n) is 15.3. The highest BCUT2D eigenvalue weighted by atomic mass is 32.2. The molecule has 0 unspecified atom stereocenters. The van der Waals surface area contributed by atoms with Crippen LogP contribution in [0, 0.1) is 5.92 Å². The Labute approximate surface area is 158 Å². The lowest BCUT2D eigenvalue weighted by molar-refractivity contribution is -0.148. The van der Waals surface area contributed by atoms with Gasteiger partial charge in [0.05, 0.1) is 11.2 Å². The summed E-state index contributed by atoms with van der Waals surface area (Å²) in [5.74, 6) is -0.195. The van der Waals surface area contributed by atoms with Crippen molar-refractivity contribution in [2.45, 2.75) is 23.3 Å². The number of nitrogens with zero attached hydrogens (tertiary/aromatic N) is 2. The second-order valence-corrected chi connectivity index (χ2v) is 7.87. The average molecular weight is 378 g/mol. The van der Waals surface area contributed by atoms with Gasteiger partial charge in [-0.05, 0) is 31.2 Å². The van der Waals surface area contributed by atoms with E-state index in [9.17, 15) is 14.7 Å². The summed E-state index contributed by atoms with van der Waals surface area (Å²) in [5, 5.41) is 11.0. The van der Waals surface area contributed by atoms with Crippen molar-refractivity contribution in [3.05, 3.63) is 29.8 Å². The first-order chi connectivity index (χ1) is 12.5. The van der Waals surface area contributed by atoms with Gasteiger partial charge in [-0.2, -0.15) is 0 Å². The number of fused-ring (bicyclic) bond motifs is 1. The van der Waals surface area contributed by atoms with Crippen LogP contribution in [0.3, 0.4) is 0 Å². The molecule has 2 fully saturated rings. The van der Waals surface area contributed by atoms with Crippen LogP contribution in [0.1, 0.15) is 23.2 Å². The van der Waals surface area contributed by atoms with Crippen molar-refractivity contribution in [3.63, 3.8) is 0 Å². The van der Waals surface area contributed by atoms with E-state index in [0.29, 0.717) is 44.6 Å². The quantitative estimate of drug-likeness (QED) is 0.804. The van der Waals surface area contributed by atoms with E-state index in [1.165, 1.54) is 7.11 Å². The molecule has 0 aromatic heterocycles. The van der Waals surface area contributed by atoms with Crippen molar-refractivity contribution in [2.75, 3.05) is 46.2 Å². The maximum Gasteiger partial charge on any atom is 0.255 e. The van der Waals surface area contributed by atoms with Crippen molar-refractivity contribution < 1.29 is 19.4 Å². The number of hydrogen-bond donors (Lipinski definition) is 1. The number of likely N-dealkylation sites (tertiary alicyclic amines) is 2. The number of carbonyl (C=O) groups excluding carboxylic acids is 2. The number of carbonyl (C=O) groups is 2. The Hall–Kier alpha value is -1.57. The van der Waals surface area contributed by atoms with Crippen LogP contribution in [0.5, 0.6) is 0 Å². The minimum absolute atomic E-state index is 0.00246. The monoisotopic (exact) mass is 378 g/mol. The Balaban J connectivity index is 1.73. The highest BCUT2D eigenvalue weighted by molar-refractivity contribution is 7.98. The van der Waals surface area contributed by atoms with Crippen molar-refractivity contribution in [1.29, 1.82) is 0 Å². The predicted molar refractivity (Wildman–Crippen MR) is 100 cm³/mol. The molecule has 142 valence electrons. The van der Waals surface area contributed by atoms with Crippen molar-refractivity contribution in [3.8, 4) is 0 Å². The maximum atomic E-state index is 13.0. The van der Waals surface area contributed by atoms with Crippen molar-refractivity contribution >= 4 is 23.6 Å². The molecule has 2 atom stereocenters. The Kier molecular flexibility index (Phi) is 5.89. The van der Waals surface area contributed by atoms with E-state index >= 15 is 0 Å². The molecule has 2 heterocycles. The van der Waals surface area contributed by atoms with E-state index in [4.69, 9.17) is 4.74 Å². The molecular weight excluding hydrogens is 352 g/mol. The van der Waals surface area contributed by atoms with Crippen LogP contribution in [-0.2, 0) is 9.53 Å². The Morgan fingerprint density at radius 1 is 1.23 bits per heavy atom. The molecule has 0 bridgehead atoms. The van der Waals surface area contributed by atoms with Gasteiger partial charge in [0.25, 0.3) is 5.91 Å². The van der Waals surface area contributed by atoms with Gasteiger partial charge >= 0.3 is 0 Å². The highest BCUT2D eigenvalue weighted by Gasteiger charge is 2.46. The zero-order valence-corrected chi connectivity index (χ0v) is 16.1. The summed E-state index contributed by atoms with van der Waals surface area (Å²) in [6.45, 7) is 2.06. The number of ether oxygens (including phenoxy) is 1. The number of methoxy groups -OCH3 is 1. The van der Waals surface area contributed by atoms with Gasteiger partial charge in [-0.25, -0.2) is 0 Å². The lowest BCUT2D eigenvalue weighted by Gasteiger charge is -2.50. The minimum atomic E-state index is -0.792. The molecule has 26 heavy (non-hydrogen) atoms. The number of thioether (sulfide) groups is 1. The van der Waals surface area contributed by atoms with Gasteiger partial charge in [0.1, 0.15) is 6.61 Å². The van der Waals surface area contributed by atoms with Gasteiger partial charge in [-0.15, -0.1) is 11.8 Å². The van der Waals surface area contributed by atoms with Gasteiger partial charge in [0.15, 0.2) is 0 Å². The number of piperidine rings is 2. The summed E-state index contributed by atoms with van der Waals surface area (Å²) in [5.41, 5.74) is -0.0896. The number of benzene rings is 1. The molecule has 2 amide bonds. The molecule has 0 spiro atoms. The molecule has 2 aliphatic heterocycles. The summed E-state index contributed by atoms with van der Waals surface area (Å²) in [7, 11) is 1.50. The van der Waals surface area contributed by atoms with E-state index in [1.54, 1.807) is 16.7 Å².